The van der Waals surface area contributed by atoms with Crippen molar-refractivity contribution < 1.29 is 14.7 Å². The van der Waals surface area contributed by atoms with E-state index in [0.717, 1.165) is 24.8 Å². The highest BCUT2D eigenvalue weighted by Crippen LogP contribution is 2.34. The number of nitrogens with one attached hydrogen (secondary N) is 1. The molecule has 4 nitrogen and oxygen atoms in total. The SMILES string of the molecule is CCCCCCCc1cc(C(=O)O)c(S)c(S)c1NC(C)=O. The van der Waals surface area contributed by atoms with Crippen molar-refractivity contribution in [2.75, 3.05) is 5.32 Å². The first kappa shape index (κ1) is 18.9. The second kappa shape index (κ2) is 9.10. The van der Waals surface area contributed by atoms with Crippen LogP contribution in [0.1, 0.15) is 61.9 Å². The lowest BCUT2D eigenvalue weighted by molar-refractivity contribution is -0.114. The molecule has 1 aromatic carbocycles. The first-order chi connectivity index (χ1) is 10.4. The van der Waals surface area contributed by atoms with E-state index in [1.54, 1.807) is 6.07 Å². The first-order valence-corrected chi connectivity index (χ1v) is 8.36. The molecule has 1 aromatic rings. The van der Waals surface area contributed by atoms with E-state index in [1.165, 1.54) is 19.8 Å². The van der Waals surface area contributed by atoms with E-state index in [9.17, 15) is 14.7 Å². The summed E-state index contributed by atoms with van der Waals surface area (Å²) in [6.07, 6.45) is 6.28. The van der Waals surface area contributed by atoms with Crippen LogP contribution in [0.5, 0.6) is 0 Å². The Morgan fingerprint density at radius 1 is 1.14 bits per heavy atom. The van der Waals surface area contributed by atoms with Gasteiger partial charge in [0.1, 0.15) is 0 Å². The average molecular weight is 341 g/mol. The van der Waals surface area contributed by atoms with Gasteiger partial charge in [-0.25, -0.2) is 4.79 Å². The molecule has 0 aromatic heterocycles. The Balaban J connectivity index is 3.04. The van der Waals surface area contributed by atoms with Crippen LogP contribution in [0.2, 0.25) is 0 Å². The third-order valence-electron chi connectivity index (χ3n) is 3.44. The van der Waals surface area contributed by atoms with Crippen molar-refractivity contribution >= 4 is 42.8 Å². The smallest absolute Gasteiger partial charge is 0.336 e. The fourth-order valence-corrected chi connectivity index (χ4v) is 2.90. The predicted octanol–water partition coefficient (Wildman–Crippen LogP) is 4.43. The number of unbranched alkanes of at least 4 members (excludes halogenated alkanes) is 4. The molecule has 22 heavy (non-hydrogen) atoms. The maximum Gasteiger partial charge on any atom is 0.336 e. The summed E-state index contributed by atoms with van der Waals surface area (Å²) >= 11 is 8.56. The molecule has 1 rings (SSSR count). The lowest BCUT2D eigenvalue weighted by atomic mass is 10.0. The van der Waals surface area contributed by atoms with Crippen LogP contribution in [0.15, 0.2) is 15.9 Å². The monoisotopic (exact) mass is 341 g/mol. The number of carboxylic acid groups (broad SMARTS) is 1. The average Bonchev–Trinajstić information content (AvgIpc) is 2.45. The number of carbonyl (C=O) groups excluding carboxylic acids is 1. The van der Waals surface area contributed by atoms with Gasteiger partial charge in [0.05, 0.1) is 11.3 Å². The molecule has 0 atom stereocenters. The highest BCUT2D eigenvalue weighted by Gasteiger charge is 2.18. The second-order valence-corrected chi connectivity index (χ2v) is 6.20. The number of thiol groups is 2. The molecular formula is C16H23NO3S2. The van der Waals surface area contributed by atoms with E-state index in [1.807, 2.05) is 0 Å². The molecule has 122 valence electrons. The van der Waals surface area contributed by atoms with Gasteiger partial charge in [-0.1, -0.05) is 32.6 Å². The van der Waals surface area contributed by atoms with Crippen LogP contribution in [0.25, 0.3) is 0 Å². The third kappa shape index (κ3) is 5.25. The van der Waals surface area contributed by atoms with Crippen LogP contribution in [0, 0.1) is 0 Å². The molecule has 0 unspecified atom stereocenters. The largest absolute Gasteiger partial charge is 0.478 e. The molecule has 1 amide bonds. The van der Waals surface area contributed by atoms with Crippen LogP contribution >= 0.6 is 25.3 Å². The zero-order chi connectivity index (χ0) is 16.7. The Bertz CT molecular complexity index is 559. The predicted molar refractivity (Wildman–Crippen MR) is 94.7 cm³/mol. The van der Waals surface area contributed by atoms with Crippen molar-refractivity contribution in [3.05, 3.63) is 17.2 Å². The van der Waals surface area contributed by atoms with E-state index in [2.05, 4.69) is 37.5 Å². The molecule has 0 saturated carbocycles. The van der Waals surface area contributed by atoms with Crippen molar-refractivity contribution in [3.8, 4) is 0 Å². The molecule has 0 heterocycles. The van der Waals surface area contributed by atoms with Gasteiger partial charge in [0.15, 0.2) is 0 Å². The molecule has 0 radical (unpaired) electrons. The highest BCUT2D eigenvalue weighted by molar-refractivity contribution is 7.83. The Labute approximate surface area is 142 Å². The highest BCUT2D eigenvalue weighted by atomic mass is 32.1. The molecule has 0 aliphatic carbocycles. The van der Waals surface area contributed by atoms with Crippen LogP contribution in [0.4, 0.5) is 5.69 Å². The number of carboxylic acids is 1. The number of anilines is 1. The van der Waals surface area contributed by atoms with Gasteiger partial charge in [0.2, 0.25) is 5.91 Å². The molecule has 6 heteroatoms. The van der Waals surface area contributed by atoms with E-state index < -0.39 is 5.97 Å². The number of aromatic carboxylic acids is 1. The van der Waals surface area contributed by atoms with Gasteiger partial charge in [-0.3, -0.25) is 4.79 Å². The topological polar surface area (TPSA) is 66.4 Å². The first-order valence-electron chi connectivity index (χ1n) is 7.47. The minimum Gasteiger partial charge on any atom is -0.478 e. The van der Waals surface area contributed by atoms with Gasteiger partial charge in [0.25, 0.3) is 0 Å². The third-order valence-corrected chi connectivity index (χ3v) is 4.53. The summed E-state index contributed by atoms with van der Waals surface area (Å²) in [6, 6.07) is 1.59. The molecule has 0 spiro atoms. The van der Waals surface area contributed by atoms with Gasteiger partial charge in [0, 0.05) is 16.7 Å². The molecule has 0 aliphatic heterocycles. The number of benzene rings is 1. The molecular weight excluding hydrogens is 318 g/mol. The van der Waals surface area contributed by atoms with Gasteiger partial charge >= 0.3 is 5.97 Å². The molecule has 0 aliphatic rings. The molecule has 0 fully saturated rings. The minimum absolute atomic E-state index is 0.117. The van der Waals surface area contributed by atoms with Crippen molar-refractivity contribution in [2.24, 2.45) is 0 Å². The normalized spacial score (nSPS) is 10.5. The fourth-order valence-electron chi connectivity index (χ4n) is 2.31. The quantitative estimate of drug-likeness (QED) is 0.418. The van der Waals surface area contributed by atoms with E-state index >= 15 is 0 Å². The standard InChI is InChI=1S/C16H23NO3S2/c1-3-4-5-6-7-8-11-9-12(16(19)20)14(21)15(22)13(11)17-10(2)18/h9,21-22H,3-8H2,1-2H3,(H,17,18)(H,19,20). The Kier molecular flexibility index (Phi) is 7.82. The molecule has 2 N–H and O–H groups in total. The van der Waals surface area contributed by atoms with Crippen molar-refractivity contribution in [1.82, 2.24) is 0 Å². The van der Waals surface area contributed by atoms with Gasteiger partial charge in [-0.2, -0.15) is 0 Å². The zero-order valence-corrected chi connectivity index (χ0v) is 14.8. The summed E-state index contributed by atoms with van der Waals surface area (Å²) < 4.78 is 0. The fraction of sp³-hybridized carbons (Fsp3) is 0.500. The lowest BCUT2D eigenvalue weighted by Gasteiger charge is -2.16. The maximum atomic E-state index is 11.4. The summed E-state index contributed by atoms with van der Waals surface area (Å²) in [4.78, 5) is 23.4. The number of hydrogen-bond donors (Lipinski definition) is 4. The van der Waals surface area contributed by atoms with E-state index in [0.29, 0.717) is 17.0 Å². The number of carbonyl (C=O) groups is 2. The van der Waals surface area contributed by atoms with Crippen molar-refractivity contribution in [1.29, 1.82) is 0 Å². The lowest BCUT2D eigenvalue weighted by Crippen LogP contribution is -2.11. The number of hydrogen-bond acceptors (Lipinski definition) is 4. The van der Waals surface area contributed by atoms with E-state index in [4.69, 9.17) is 0 Å². The van der Waals surface area contributed by atoms with Crippen LogP contribution in [-0.4, -0.2) is 17.0 Å². The molecule has 0 saturated heterocycles. The maximum absolute atomic E-state index is 11.4. The summed E-state index contributed by atoms with van der Waals surface area (Å²) in [5.74, 6) is -1.25. The Hall–Kier alpha value is -1.14. The van der Waals surface area contributed by atoms with Gasteiger partial charge < -0.3 is 10.4 Å². The van der Waals surface area contributed by atoms with Gasteiger partial charge in [-0.05, 0) is 24.5 Å². The second-order valence-electron chi connectivity index (χ2n) is 5.31. The van der Waals surface area contributed by atoms with Crippen LogP contribution in [0.3, 0.4) is 0 Å². The Morgan fingerprint density at radius 3 is 2.32 bits per heavy atom. The summed E-state index contributed by atoms with van der Waals surface area (Å²) in [6.45, 7) is 3.58. The zero-order valence-electron chi connectivity index (χ0n) is 13.0. The van der Waals surface area contributed by atoms with E-state index in [-0.39, 0.29) is 16.4 Å². The Morgan fingerprint density at radius 2 is 1.77 bits per heavy atom. The van der Waals surface area contributed by atoms with Gasteiger partial charge in [-0.15, -0.1) is 25.3 Å². The van der Waals surface area contributed by atoms with Crippen molar-refractivity contribution in [3.63, 3.8) is 0 Å². The summed E-state index contributed by atoms with van der Waals surface area (Å²) in [5.41, 5.74) is 1.49. The summed E-state index contributed by atoms with van der Waals surface area (Å²) in [5, 5.41) is 12.0. The van der Waals surface area contributed by atoms with Crippen molar-refractivity contribution in [2.45, 2.75) is 62.2 Å². The van der Waals surface area contributed by atoms with Crippen LogP contribution in [-0.2, 0) is 11.2 Å². The minimum atomic E-state index is -1.04. The number of rotatable bonds is 8. The number of aryl methyl sites for hydroxylation is 1. The number of amides is 1. The molecule has 0 bridgehead atoms. The van der Waals surface area contributed by atoms with Crippen LogP contribution < -0.4 is 5.32 Å². The summed E-state index contributed by atoms with van der Waals surface area (Å²) in [7, 11) is 0.